The van der Waals surface area contributed by atoms with Crippen molar-refractivity contribution in [1.29, 1.82) is 0 Å². The number of nitrogens with zero attached hydrogens (tertiary/aromatic N) is 1. The van der Waals surface area contributed by atoms with Crippen LogP contribution < -0.4 is 0 Å². The van der Waals surface area contributed by atoms with Gasteiger partial charge in [-0.15, -0.1) is 0 Å². The minimum Gasteiger partial charge on any atom is -0.306 e. The van der Waals surface area contributed by atoms with E-state index >= 15 is 0 Å². The smallest absolute Gasteiger partial charge is 0.137 e. The Bertz CT molecular complexity index is 319. The van der Waals surface area contributed by atoms with Gasteiger partial charge in [-0.1, -0.05) is 30.3 Å². The minimum absolute atomic E-state index is 0.222. The van der Waals surface area contributed by atoms with Crippen LogP contribution in [-0.4, -0.2) is 30.8 Å². The van der Waals surface area contributed by atoms with E-state index in [1.165, 1.54) is 0 Å². The van der Waals surface area contributed by atoms with E-state index in [0.717, 1.165) is 12.0 Å². The second kappa shape index (κ2) is 6.44. The zero-order valence-electron chi connectivity index (χ0n) is 10.1. The van der Waals surface area contributed by atoms with Gasteiger partial charge in [0.1, 0.15) is 5.78 Å². The second-order valence-corrected chi connectivity index (χ2v) is 4.36. The van der Waals surface area contributed by atoms with Gasteiger partial charge in [-0.2, -0.15) is 0 Å². The zero-order valence-corrected chi connectivity index (χ0v) is 10.1. The van der Waals surface area contributed by atoms with Crippen molar-refractivity contribution in [2.24, 2.45) is 0 Å². The van der Waals surface area contributed by atoms with Crippen LogP contribution in [0.2, 0.25) is 0 Å². The van der Waals surface area contributed by atoms with Crippen molar-refractivity contribution >= 4 is 5.78 Å². The summed E-state index contributed by atoms with van der Waals surface area (Å²) in [6.45, 7) is 3.99. The number of ketones is 1. The van der Waals surface area contributed by atoms with Crippen molar-refractivity contribution in [3.8, 4) is 0 Å². The molecule has 0 spiro atoms. The normalized spacial score (nSPS) is 12.8. The van der Waals surface area contributed by atoms with Crippen LogP contribution in [0, 0.1) is 6.92 Å². The monoisotopic (exact) mass is 218 g/mol. The molecule has 1 radical (unpaired) electrons. The molecule has 0 amide bonds. The highest BCUT2D eigenvalue weighted by molar-refractivity contribution is 5.80. The lowest BCUT2D eigenvalue weighted by Gasteiger charge is -2.18. The highest BCUT2D eigenvalue weighted by Gasteiger charge is 2.08. The molecule has 1 unspecified atom stereocenters. The van der Waals surface area contributed by atoms with Gasteiger partial charge in [-0.25, -0.2) is 0 Å². The number of carbonyl (C=O) groups is 1. The number of rotatable bonds is 6. The number of hydrogen-bond donors (Lipinski definition) is 0. The summed E-state index contributed by atoms with van der Waals surface area (Å²) in [6.07, 6.45) is 1.99. The van der Waals surface area contributed by atoms with Gasteiger partial charge in [0.15, 0.2) is 0 Å². The van der Waals surface area contributed by atoms with Gasteiger partial charge in [-0.3, -0.25) is 4.79 Å². The van der Waals surface area contributed by atoms with Gasteiger partial charge >= 0.3 is 0 Å². The summed E-state index contributed by atoms with van der Waals surface area (Å²) in [4.78, 5) is 13.7. The first-order chi connectivity index (χ1) is 7.59. The van der Waals surface area contributed by atoms with E-state index < -0.39 is 0 Å². The molecule has 0 saturated carbocycles. The van der Waals surface area contributed by atoms with E-state index in [0.29, 0.717) is 18.6 Å². The lowest BCUT2D eigenvalue weighted by atomic mass is 10.0. The van der Waals surface area contributed by atoms with Gasteiger partial charge < -0.3 is 4.90 Å². The quantitative estimate of drug-likeness (QED) is 0.730. The molecule has 16 heavy (non-hydrogen) atoms. The van der Waals surface area contributed by atoms with Gasteiger partial charge in [0, 0.05) is 18.9 Å². The van der Waals surface area contributed by atoms with Gasteiger partial charge in [0.2, 0.25) is 0 Å². The lowest BCUT2D eigenvalue weighted by molar-refractivity contribution is -0.118. The molecule has 1 atom stereocenters. The summed E-state index contributed by atoms with van der Waals surface area (Å²) in [6, 6.07) is 10.1. The highest BCUT2D eigenvalue weighted by Crippen LogP contribution is 2.06. The lowest BCUT2D eigenvalue weighted by Crippen LogP contribution is -2.25. The van der Waals surface area contributed by atoms with Crippen molar-refractivity contribution in [2.75, 3.05) is 14.1 Å². The largest absolute Gasteiger partial charge is 0.306 e. The molecule has 0 heterocycles. The maximum absolute atomic E-state index is 11.7. The van der Waals surface area contributed by atoms with E-state index in [2.05, 4.69) is 6.92 Å². The molecule has 0 fully saturated rings. The molecule has 0 aromatic heterocycles. The third-order valence-electron chi connectivity index (χ3n) is 2.73. The van der Waals surface area contributed by atoms with E-state index in [1.54, 1.807) is 0 Å². The number of hydrogen-bond acceptors (Lipinski definition) is 2. The minimum atomic E-state index is 0.222. The van der Waals surface area contributed by atoms with E-state index in [-0.39, 0.29) is 6.04 Å². The van der Waals surface area contributed by atoms with Crippen molar-refractivity contribution in [1.82, 2.24) is 4.90 Å². The Morgan fingerprint density at radius 2 is 1.94 bits per heavy atom. The van der Waals surface area contributed by atoms with Gasteiger partial charge in [-0.05, 0) is 33.0 Å². The van der Waals surface area contributed by atoms with Crippen molar-refractivity contribution in [3.05, 3.63) is 42.8 Å². The molecule has 2 nitrogen and oxygen atoms in total. The molecule has 0 bridgehead atoms. The first-order valence-corrected chi connectivity index (χ1v) is 5.64. The van der Waals surface area contributed by atoms with Crippen LogP contribution in [0.5, 0.6) is 0 Å². The van der Waals surface area contributed by atoms with E-state index in [9.17, 15) is 4.79 Å². The summed E-state index contributed by atoms with van der Waals surface area (Å²) in [5, 5.41) is 0. The molecule has 0 aliphatic heterocycles. The Balaban J connectivity index is 2.32. The molecule has 1 aromatic rings. The Hall–Kier alpha value is -1.15. The first-order valence-electron chi connectivity index (χ1n) is 5.64. The Labute approximate surface area is 98.3 Å². The average molecular weight is 218 g/mol. The summed E-state index contributed by atoms with van der Waals surface area (Å²) < 4.78 is 0. The zero-order chi connectivity index (χ0) is 12.0. The summed E-state index contributed by atoms with van der Waals surface area (Å²) in [7, 11) is 3.97. The van der Waals surface area contributed by atoms with Crippen LogP contribution in [0.1, 0.15) is 18.4 Å². The summed E-state index contributed by atoms with van der Waals surface area (Å²) >= 11 is 0. The summed E-state index contributed by atoms with van der Waals surface area (Å²) in [5.41, 5.74) is 1.10. The molecular formula is C14H20NO. The van der Waals surface area contributed by atoms with E-state index in [1.807, 2.05) is 49.3 Å². The standard InChI is InChI=1S/C14H20NO/c1-12(15(2)3)9-10-14(16)11-13-7-5-4-6-8-13/h4-8,12H,1,9-11H2,2-3H3. The summed E-state index contributed by atoms with van der Waals surface area (Å²) in [5.74, 6) is 0.293. The molecule has 0 saturated heterocycles. The van der Waals surface area contributed by atoms with Crippen LogP contribution in [-0.2, 0) is 11.2 Å². The van der Waals surface area contributed by atoms with Crippen LogP contribution in [0.25, 0.3) is 0 Å². The molecular weight excluding hydrogens is 198 g/mol. The van der Waals surface area contributed by atoms with Crippen molar-refractivity contribution < 1.29 is 4.79 Å². The van der Waals surface area contributed by atoms with Crippen LogP contribution in [0.15, 0.2) is 30.3 Å². The molecule has 2 heteroatoms. The predicted octanol–water partition coefficient (Wildman–Crippen LogP) is 2.34. The number of Topliss-reactive ketones (excluding diaryl/α,β-unsaturated/α-hetero) is 1. The molecule has 1 rings (SSSR count). The predicted molar refractivity (Wildman–Crippen MR) is 67.2 cm³/mol. The van der Waals surface area contributed by atoms with E-state index in [4.69, 9.17) is 0 Å². The fourth-order valence-corrected chi connectivity index (χ4v) is 1.50. The molecule has 0 aliphatic rings. The van der Waals surface area contributed by atoms with Gasteiger partial charge in [0.05, 0.1) is 0 Å². The highest BCUT2D eigenvalue weighted by atomic mass is 16.1. The van der Waals surface area contributed by atoms with Gasteiger partial charge in [0.25, 0.3) is 0 Å². The Morgan fingerprint density at radius 3 is 2.50 bits per heavy atom. The average Bonchev–Trinajstić information content (AvgIpc) is 2.27. The SMILES string of the molecule is [CH2]C(CCC(=O)Cc1ccccc1)N(C)C. The third-order valence-corrected chi connectivity index (χ3v) is 2.73. The number of carbonyl (C=O) groups excluding carboxylic acids is 1. The Kier molecular flexibility index (Phi) is 5.20. The maximum Gasteiger partial charge on any atom is 0.137 e. The molecule has 0 aliphatic carbocycles. The van der Waals surface area contributed by atoms with Crippen LogP contribution in [0.3, 0.4) is 0 Å². The Morgan fingerprint density at radius 1 is 1.31 bits per heavy atom. The van der Waals surface area contributed by atoms with Crippen molar-refractivity contribution in [3.63, 3.8) is 0 Å². The fourth-order valence-electron chi connectivity index (χ4n) is 1.50. The second-order valence-electron chi connectivity index (χ2n) is 4.36. The first kappa shape index (κ1) is 12.9. The molecule has 0 N–H and O–H groups in total. The maximum atomic E-state index is 11.7. The van der Waals surface area contributed by atoms with Crippen LogP contribution >= 0.6 is 0 Å². The topological polar surface area (TPSA) is 20.3 Å². The molecule has 1 aromatic carbocycles. The van der Waals surface area contributed by atoms with Crippen molar-refractivity contribution in [2.45, 2.75) is 25.3 Å². The molecule has 87 valence electrons. The third kappa shape index (κ3) is 4.58. The number of benzene rings is 1. The fraction of sp³-hybridized carbons (Fsp3) is 0.429. The van der Waals surface area contributed by atoms with Crippen LogP contribution in [0.4, 0.5) is 0 Å².